The number of rotatable bonds is 5. The summed E-state index contributed by atoms with van der Waals surface area (Å²) in [7, 11) is 3.16. The highest BCUT2D eigenvalue weighted by Gasteiger charge is 2.37. The summed E-state index contributed by atoms with van der Waals surface area (Å²) in [6, 6.07) is 3.50. The molecule has 0 aliphatic rings. The van der Waals surface area contributed by atoms with Crippen LogP contribution < -0.4 is 10.1 Å². The van der Waals surface area contributed by atoms with Crippen molar-refractivity contribution in [2.75, 3.05) is 26.6 Å². The van der Waals surface area contributed by atoms with E-state index in [4.69, 9.17) is 4.74 Å². The highest BCUT2D eigenvalue weighted by Crippen LogP contribution is 2.41. The van der Waals surface area contributed by atoms with Crippen molar-refractivity contribution >= 4 is 17.6 Å². The average Bonchev–Trinajstić information content (AvgIpc) is 2.51. The van der Waals surface area contributed by atoms with Crippen molar-refractivity contribution in [1.29, 1.82) is 0 Å². The van der Waals surface area contributed by atoms with Gasteiger partial charge in [-0.15, -0.1) is 0 Å². The van der Waals surface area contributed by atoms with Gasteiger partial charge in [0, 0.05) is 0 Å². The number of hydrogen-bond donors (Lipinski definition) is 1. The molecule has 1 aromatic carbocycles. The Hall–Kier alpha value is -2.71. The number of carbonyl (C=O) groups excluding carboxylic acids is 2. The van der Waals surface area contributed by atoms with E-state index in [0.29, 0.717) is 6.08 Å². The van der Waals surface area contributed by atoms with E-state index in [0.717, 1.165) is 33.5 Å². The number of benzene rings is 1. The zero-order chi connectivity index (χ0) is 17.6. The maximum absolute atomic E-state index is 13.2. The Morgan fingerprint density at radius 3 is 2.26 bits per heavy atom. The number of nitrogens with one attached hydrogen (secondary N) is 1. The number of hydrogen-bond acceptors (Lipinski definition) is 6. The molecule has 0 saturated heterocycles. The number of methoxy groups -OCH3 is 3. The Bertz CT molecular complexity index is 625. The van der Waals surface area contributed by atoms with Crippen molar-refractivity contribution in [2.24, 2.45) is 0 Å². The minimum Gasteiger partial charge on any atom is -0.496 e. The fourth-order valence-corrected chi connectivity index (χ4v) is 1.68. The maximum atomic E-state index is 13.2. The van der Waals surface area contributed by atoms with E-state index >= 15 is 0 Å². The van der Waals surface area contributed by atoms with Gasteiger partial charge >= 0.3 is 18.1 Å². The summed E-state index contributed by atoms with van der Waals surface area (Å²) in [5, 5.41) is 2.23. The summed E-state index contributed by atoms with van der Waals surface area (Å²) >= 11 is 0. The fourth-order valence-electron chi connectivity index (χ4n) is 1.68. The number of anilines is 1. The van der Waals surface area contributed by atoms with E-state index in [-0.39, 0.29) is 0 Å². The van der Waals surface area contributed by atoms with Crippen molar-refractivity contribution < 1.29 is 37.0 Å². The lowest BCUT2D eigenvalue weighted by Crippen LogP contribution is -2.18. The molecule has 9 heteroatoms. The molecular formula is C14H14F3NO5. The normalized spacial score (nSPS) is 11.7. The Balaban J connectivity index is 3.37. The molecule has 0 radical (unpaired) electrons. The Morgan fingerprint density at radius 2 is 1.78 bits per heavy atom. The molecule has 0 heterocycles. The van der Waals surface area contributed by atoms with Crippen molar-refractivity contribution in [3.05, 3.63) is 35.5 Å². The van der Waals surface area contributed by atoms with Crippen LogP contribution in [0.4, 0.5) is 18.9 Å². The number of ether oxygens (including phenoxy) is 3. The second kappa shape index (κ2) is 7.52. The van der Waals surface area contributed by atoms with E-state index in [1.54, 1.807) is 0 Å². The molecule has 0 amide bonds. The highest BCUT2D eigenvalue weighted by atomic mass is 19.4. The van der Waals surface area contributed by atoms with Crippen LogP contribution in [0.1, 0.15) is 5.56 Å². The van der Waals surface area contributed by atoms with Gasteiger partial charge in [-0.2, -0.15) is 13.2 Å². The third-order valence-electron chi connectivity index (χ3n) is 2.67. The largest absolute Gasteiger partial charge is 0.496 e. The van der Waals surface area contributed by atoms with Gasteiger partial charge in [0.1, 0.15) is 17.0 Å². The summed E-state index contributed by atoms with van der Waals surface area (Å²) in [5.41, 5.74) is -2.11. The molecule has 1 aromatic rings. The summed E-state index contributed by atoms with van der Waals surface area (Å²) in [6.07, 6.45) is -4.06. The molecule has 0 bridgehead atoms. The lowest BCUT2D eigenvalue weighted by molar-refractivity contribution is -0.139. The highest BCUT2D eigenvalue weighted by molar-refractivity contribution is 5.99. The predicted octanol–water partition coefficient (Wildman–Crippen LogP) is 2.36. The van der Waals surface area contributed by atoms with Crippen molar-refractivity contribution in [2.45, 2.75) is 6.18 Å². The van der Waals surface area contributed by atoms with E-state index in [9.17, 15) is 22.8 Å². The quantitative estimate of drug-likeness (QED) is 0.659. The topological polar surface area (TPSA) is 73.9 Å². The zero-order valence-electron chi connectivity index (χ0n) is 12.5. The first-order valence-corrected chi connectivity index (χ1v) is 6.13. The van der Waals surface area contributed by atoms with E-state index in [2.05, 4.69) is 14.8 Å². The number of halogens is 3. The molecule has 0 spiro atoms. The summed E-state index contributed by atoms with van der Waals surface area (Å²) in [4.78, 5) is 22.9. The molecule has 0 aromatic heterocycles. The lowest BCUT2D eigenvalue weighted by Gasteiger charge is -2.18. The van der Waals surface area contributed by atoms with Gasteiger partial charge < -0.3 is 19.5 Å². The number of carbonyl (C=O) groups is 2. The first kappa shape index (κ1) is 18.3. The van der Waals surface area contributed by atoms with Crippen molar-refractivity contribution in [3.63, 3.8) is 0 Å². The average molecular weight is 333 g/mol. The molecule has 23 heavy (non-hydrogen) atoms. The molecule has 0 unspecified atom stereocenters. The Kier molecular flexibility index (Phi) is 6.00. The minimum atomic E-state index is -4.75. The molecule has 0 aliphatic heterocycles. The molecule has 0 fully saturated rings. The first-order chi connectivity index (χ1) is 10.7. The second-order valence-electron chi connectivity index (χ2n) is 4.08. The molecule has 0 saturated carbocycles. The monoisotopic (exact) mass is 333 g/mol. The van der Waals surface area contributed by atoms with E-state index in [1.807, 2.05) is 0 Å². The van der Waals surface area contributed by atoms with Gasteiger partial charge in [0.05, 0.1) is 33.1 Å². The first-order valence-electron chi connectivity index (χ1n) is 6.13. The molecule has 126 valence electrons. The van der Waals surface area contributed by atoms with Crippen LogP contribution in [0.25, 0.3) is 0 Å². The number of alkyl halides is 3. The van der Waals surface area contributed by atoms with E-state index in [1.165, 1.54) is 6.07 Å². The van der Waals surface area contributed by atoms with Crippen molar-refractivity contribution in [1.82, 2.24) is 0 Å². The van der Waals surface area contributed by atoms with Gasteiger partial charge in [-0.1, -0.05) is 6.07 Å². The van der Waals surface area contributed by atoms with Gasteiger partial charge in [0.15, 0.2) is 0 Å². The SMILES string of the molecule is COC(=O)/C=C(/Nc1cccc(OC)c1C(F)(F)F)C(=O)OC. The standard InChI is InChI=1S/C14H14F3NO5/c1-21-10-6-4-5-8(12(10)14(15,16)17)18-9(13(20)23-3)7-11(19)22-2/h4-7,18H,1-3H3/b9-7+. The van der Waals surface area contributed by atoms with Crippen LogP contribution in [-0.2, 0) is 25.2 Å². The van der Waals surface area contributed by atoms with Crippen LogP contribution in [0, 0.1) is 0 Å². The molecule has 0 atom stereocenters. The zero-order valence-corrected chi connectivity index (χ0v) is 12.5. The van der Waals surface area contributed by atoms with Crippen LogP contribution in [0.3, 0.4) is 0 Å². The van der Waals surface area contributed by atoms with Crippen LogP contribution in [0.15, 0.2) is 30.0 Å². The maximum Gasteiger partial charge on any atom is 0.421 e. The van der Waals surface area contributed by atoms with Crippen LogP contribution >= 0.6 is 0 Å². The fraction of sp³-hybridized carbons (Fsp3) is 0.286. The molecule has 1 N–H and O–H groups in total. The van der Waals surface area contributed by atoms with Crippen LogP contribution in [0.5, 0.6) is 5.75 Å². The van der Waals surface area contributed by atoms with Gasteiger partial charge in [0.25, 0.3) is 0 Å². The van der Waals surface area contributed by atoms with Crippen molar-refractivity contribution in [3.8, 4) is 5.75 Å². The summed E-state index contributed by atoms with van der Waals surface area (Å²) in [5.74, 6) is -2.41. The molecule has 1 rings (SSSR count). The Morgan fingerprint density at radius 1 is 1.13 bits per heavy atom. The Labute approximate surface area is 129 Å². The molecular weight excluding hydrogens is 319 g/mol. The van der Waals surface area contributed by atoms with Crippen LogP contribution in [-0.4, -0.2) is 33.3 Å². The van der Waals surface area contributed by atoms with Gasteiger partial charge in [-0.3, -0.25) is 0 Å². The predicted molar refractivity (Wildman–Crippen MR) is 73.7 cm³/mol. The summed E-state index contributed by atoms with van der Waals surface area (Å²) < 4.78 is 53.1. The van der Waals surface area contributed by atoms with Gasteiger partial charge in [-0.05, 0) is 12.1 Å². The number of esters is 2. The van der Waals surface area contributed by atoms with Gasteiger partial charge in [-0.25, -0.2) is 9.59 Å². The second-order valence-corrected chi connectivity index (χ2v) is 4.08. The van der Waals surface area contributed by atoms with Gasteiger partial charge in [0.2, 0.25) is 0 Å². The third kappa shape index (κ3) is 4.63. The molecule has 6 nitrogen and oxygen atoms in total. The third-order valence-corrected chi connectivity index (χ3v) is 2.67. The lowest BCUT2D eigenvalue weighted by atomic mass is 10.1. The molecule has 0 aliphatic carbocycles. The summed E-state index contributed by atoms with van der Waals surface area (Å²) in [6.45, 7) is 0. The minimum absolute atomic E-state index is 0.440. The smallest absolute Gasteiger partial charge is 0.421 e. The van der Waals surface area contributed by atoms with Crippen LogP contribution in [0.2, 0.25) is 0 Å². The van der Waals surface area contributed by atoms with E-state index < -0.39 is 40.8 Å².